The molecule has 0 bridgehead atoms. The molecule has 2 aliphatic heterocycles. The van der Waals surface area contributed by atoms with Crippen LogP contribution in [0, 0.1) is 24.6 Å². The van der Waals surface area contributed by atoms with Gasteiger partial charge in [-0.2, -0.15) is 13.2 Å². The molecule has 1 amide bonds. The number of amides is 1. The van der Waals surface area contributed by atoms with Crippen LogP contribution in [0.1, 0.15) is 27.0 Å². The number of anilines is 1. The molecular weight excluding hydrogens is 504 g/mol. The fourth-order valence-electron chi connectivity index (χ4n) is 4.35. The van der Waals surface area contributed by atoms with E-state index in [1.807, 2.05) is 10.1 Å². The monoisotopic (exact) mass is 526 g/mol. The Balaban J connectivity index is 0.000000384. The first kappa shape index (κ1) is 25.7. The molecule has 1 fully saturated rings. The number of halogens is 4. The lowest BCUT2D eigenvalue weighted by atomic mass is 9.89. The number of alkyl halides is 3. The van der Waals surface area contributed by atoms with Gasteiger partial charge in [0.25, 0.3) is 5.91 Å². The Morgan fingerprint density at radius 2 is 1.92 bits per heavy atom. The number of carbonyl (C=O) groups is 2. The zero-order valence-corrected chi connectivity index (χ0v) is 19.8. The minimum atomic E-state index is -5.08. The summed E-state index contributed by atoms with van der Waals surface area (Å²) in [5.41, 5.74) is 3.42. The minimum Gasteiger partial charge on any atom is -0.475 e. The summed E-state index contributed by atoms with van der Waals surface area (Å²) in [6, 6.07) is 5.85. The molecule has 2 N–H and O–H groups in total. The third kappa shape index (κ3) is 5.87. The van der Waals surface area contributed by atoms with Crippen LogP contribution in [0.4, 0.5) is 23.2 Å². The lowest BCUT2D eigenvalue weighted by Crippen LogP contribution is -2.31. The zero-order valence-electron chi connectivity index (χ0n) is 19.0. The number of fused-ring (bicyclic) bond motifs is 2. The van der Waals surface area contributed by atoms with Crippen LogP contribution in [0.2, 0.25) is 0 Å². The molecule has 0 aliphatic carbocycles. The van der Waals surface area contributed by atoms with E-state index < -0.39 is 18.0 Å². The number of carboxylic acid groups (broad SMARTS) is 1. The maximum absolute atomic E-state index is 13.4. The quantitative estimate of drug-likeness (QED) is 0.501. The lowest BCUT2D eigenvalue weighted by molar-refractivity contribution is -0.192. The second-order valence-electron chi connectivity index (χ2n) is 8.60. The molecule has 2 unspecified atom stereocenters. The zero-order chi connectivity index (χ0) is 26.0. The van der Waals surface area contributed by atoms with Gasteiger partial charge < -0.3 is 15.0 Å². The van der Waals surface area contributed by atoms with Gasteiger partial charge >= 0.3 is 12.1 Å². The maximum atomic E-state index is 13.4. The molecule has 192 valence electrons. The van der Waals surface area contributed by atoms with Crippen LogP contribution in [0.5, 0.6) is 0 Å². The van der Waals surface area contributed by atoms with E-state index in [0.717, 1.165) is 44.1 Å². The molecule has 3 aromatic rings. The van der Waals surface area contributed by atoms with Crippen LogP contribution in [0.15, 0.2) is 29.8 Å². The Hall–Kier alpha value is -3.39. The molecule has 0 spiro atoms. The van der Waals surface area contributed by atoms with Gasteiger partial charge in [0, 0.05) is 43.2 Å². The SMILES string of the molecule is Cc1ncsc1CN1CC2Cc3nnc(C(=O)Nc4cccc(F)c4)n3CC2C1.O=C(O)C(F)(F)F. The van der Waals surface area contributed by atoms with Crippen LogP contribution >= 0.6 is 11.3 Å². The molecule has 1 aromatic carbocycles. The largest absolute Gasteiger partial charge is 0.490 e. The van der Waals surface area contributed by atoms with E-state index in [0.29, 0.717) is 23.3 Å². The normalized spacial score (nSPS) is 19.1. The number of carboxylic acids is 1. The summed E-state index contributed by atoms with van der Waals surface area (Å²) in [4.78, 5) is 29.7. The molecule has 5 rings (SSSR count). The first-order chi connectivity index (χ1) is 17.0. The van der Waals surface area contributed by atoms with Gasteiger partial charge in [-0.05, 0) is 37.0 Å². The number of likely N-dealkylation sites (tertiary alicyclic amines) is 1. The van der Waals surface area contributed by atoms with Crippen molar-refractivity contribution < 1.29 is 32.3 Å². The van der Waals surface area contributed by atoms with Gasteiger partial charge in [-0.25, -0.2) is 14.2 Å². The van der Waals surface area contributed by atoms with Crippen molar-refractivity contribution >= 4 is 28.9 Å². The lowest BCUT2D eigenvalue weighted by Gasteiger charge is -2.25. The highest BCUT2D eigenvalue weighted by Crippen LogP contribution is 2.34. The van der Waals surface area contributed by atoms with Crippen molar-refractivity contribution in [2.45, 2.75) is 32.6 Å². The van der Waals surface area contributed by atoms with E-state index >= 15 is 0 Å². The Kier molecular flexibility index (Phi) is 7.36. The van der Waals surface area contributed by atoms with Crippen molar-refractivity contribution in [3.05, 3.63) is 57.8 Å². The van der Waals surface area contributed by atoms with Crippen LogP contribution in [0.25, 0.3) is 0 Å². The van der Waals surface area contributed by atoms with Crippen molar-refractivity contribution in [3.63, 3.8) is 0 Å². The van der Waals surface area contributed by atoms with Gasteiger partial charge in [0.1, 0.15) is 11.6 Å². The summed E-state index contributed by atoms with van der Waals surface area (Å²) in [5, 5.41) is 18.2. The van der Waals surface area contributed by atoms with E-state index in [9.17, 15) is 22.4 Å². The fourth-order valence-corrected chi connectivity index (χ4v) is 5.17. The van der Waals surface area contributed by atoms with Crippen molar-refractivity contribution in [1.82, 2.24) is 24.6 Å². The highest BCUT2D eigenvalue weighted by Gasteiger charge is 2.39. The number of aromatic nitrogens is 4. The third-order valence-electron chi connectivity index (χ3n) is 6.08. The standard InChI is InChI=1S/C20H21FN6OS.C2HF3O2/c1-12-17(29-11-22-12)10-26-7-13-5-18-24-25-19(27(18)9-14(13)8-26)20(28)23-16-4-2-3-15(21)6-16;3-2(4,5)1(6)7/h2-4,6,11,13-14H,5,7-10H2,1H3,(H,23,28);(H,6,7). The van der Waals surface area contributed by atoms with Crippen LogP contribution < -0.4 is 5.32 Å². The summed E-state index contributed by atoms with van der Waals surface area (Å²) in [5.74, 6) is -1.37. The number of aryl methyl sites for hydroxylation is 1. The van der Waals surface area contributed by atoms with Crippen molar-refractivity contribution in [1.29, 1.82) is 0 Å². The van der Waals surface area contributed by atoms with Gasteiger partial charge in [-0.15, -0.1) is 21.5 Å². The molecular formula is C22H22F4N6O3S. The first-order valence-electron chi connectivity index (χ1n) is 10.9. The molecule has 2 aliphatic rings. The molecule has 0 saturated carbocycles. The maximum Gasteiger partial charge on any atom is 0.490 e. The molecule has 9 nitrogen and oxygen atoms in total. The Morgan fingerprint density at radius 1 is 1.19 bits per heavy atom. The smallest absolute Gasteiger partial charge is 0.475 e. The molecule has 2 atom stereocenters. The average Bonchev–Trinajstić information content (AvgIpc) is 3.50. The predicted octanol–water partition coefficient (Wildman–Crippen LogP) is 3.37. The number of aliphatic carboxylic acids is 1. The first-order valence-corrected chi connectivity index (χ1v) is 11.8. The third-order valence-corrected chi connectivity index (χ3v) is 7.00. The number of thiazole rings is 1. The van der Waals surface area contributed by atoms with E-state index in [4.69, 9.17) is 9.90 Å². The van der Waals surface area contributed by atoms with Gasteiger partial charge in [-0.1, -0.05) is 6.07 Å². The topological polar surface area (TPSA) is 113 Å². The van der Waals surface area contributed by atoms with Gasteiger partial charge in [0.2, 0.25) is 5.82 Å². The number of hydrogen-bond acceptors (Lipinski definition) is 7. The second-order valence-corrected chi connectivity index (χ2v) is 9.54. The van der Waals surface area contributed by atoms with E-state index in [1.165, 1.54) is 17.0 Å². The summed E-state index contributed by atoms with van der Waals surface area (Å²) in [6.45, 7) is 5.73. The number of nitrogens with zero attached hydrogens (tertiary/aromatic N) is 5. The Morgan fingerprint density at radius 3 is 2.56 bits per heavy atom. The van der Waals surface area contributed by atoms with Gasteiger partial charge in [0.15, 0.2) is 0 Å². The second kappa shape index (κ2) is 10.3. The van der Waals surface area contributed by atoms with Crippen LogP contribution in [-0.2, 0) is 24.3 Å². The summed E-state index contributed by atoms with van der Waals surface area (Å²) < 4.78 is 47.0. The molecule has 2 aromatic heterocycles. The number of hydrogen-bond donors (Lipinski definition) is 2. The van der Waals surface area contributed by atoms with Crippen molar-refractivity contribution in [2.75, 3.05) is 18.4 Å². The summed E-state index contributed by atoms with van der Waals surface area (Å²) in [6.07, 6.45) is -4.26. The predicted molar refractivity (Wildman–Crippen MR) is 121 cm³/mol. The van der Waals surface area contributed by atoms with Crippen LogP contribution in [0.3, 0.4) is 0 Å². The Labute approximate surface area is 206 Å². The van der Waals surface area contributed by atoms with Crippen molar-refractivity contribution in [3.8, 4) is 0 Å². The number of rotatable bonds is 4. The molecule has 4 heterocycles. The number of carbonyl (C=O) groups excluding carboxylic acids is 1. The van der Waals surface area contributed by atoms with E-state index in [2.05, 4.69) is 32.3 Å². The van der Waals surface area contributed by atoms with Gasteiger partial charge in [0.05, 0.1) is 11.2 Å². The molecule has 1 saturated heterocycles. The number of nitrogens with one attached hydrogen (secondary N) is 1. The molecule has 0 radical (unpaired) electrons. The Bertz CT molecular complexity index is 1260. The van der Waals surface area contributed by atoms with E-state index in [-0.39, 0.29) is 5.91 Å². The highest BCUT2D eigenvalue weighted by molar-refractivity contribution is 7.09. The van der Waals surface area contributed by atoms with Crippen molar-refractivity contribution in [2.24, 2.45) is 11.8 Å². The molecule has 36 heavy (non-hydrogen) atoms. The average molecular weight is 527 g/mol. The fraction of sp³-hybridized carbons (Fsp3) is 0.409. The van der Waals surface area contributed by atoms with Crippen LogP contribution in [-0.4, -0.2) is 60.9 Å². The summed E-state index contributed by atoms with van der Waals surface area (Å²) >= 11 is 1.71. The minimum absolute atomic E-state index is 0.291. The van der Waals surface area contributed by atoms with Gasteiger partial charge in [-0.3, -0.25) is 9.69 Å². The number of benzene rings is 1. The van der Waals surface area contributed by atoms with E-state index in [1.54, 1.807) is 23.5 Å². The molecule has 14 heteroatoms. The highest BCUT2D eigenvalue weighted by atomic mass is 32.1. The summed E-state index contributed by atoms with van der Waals surface area (Å²) in [7, 11) is 0.